The van der Waals surface area contributed by atoms with E-state index in [-0.39, 0.29) is 35.5 Å². The third-order valence-electron chi connectivity index (χ3n) is 5.71. The van der Waals surface area contributed by atoms with Gasteiger partial charge in [-0.05, 0) is 56.2 Å². The van der Waals surface area contributed by atoms with Crippen LogP contribution in [0, 0.1) is 17.8 Å². The van der Waals surface area contributed by atoms with Gasteiger partial charge < -0.3 is 15.5 Å². The molecule has 0 spiro atoms. The van der Waals surface area contributed by atoms with Gasteiger partial charge in [0.2, 0.25) is 17.7 Å². The zero-order valence-electron chi connectivity index (χ0n) is 15.6. The molecular formula is C21H27N3O3. The summed E-state index contributed by atoms with van der Waals surface area (Å²) in [5, 5.41) is 5.94. The second-order valence-electron chi connectivity index (χ2n) is 8.06. The highest BCUT2D eigenvalue weighted by Gasteiger charge is 2.36. The summed E-state index contributed by atoms with van der Waals surface area (Å²) >= 11 is 0. The summed E-state index contributed by atoms with van der Waals surface area (Å²) in [7, 11) is 0. The third kappa shape index (κ3) is 4.67. The molecule has 3 amide bonds. The molecule has 0 bridgehead atoms. The lowest BCUT2D eigenvalue weighted by Crippen LogP contribution is -2.43. The quantitative estimate of drug-likeness (QED) is 0.808. The average Bonchev–Trinajstić information content (AvgIpc) is 3.58. The number of carbonyl (C=O) groups excluding carboxylic acids is 3. The first-order chi connectivity index (χ1) is 13.1. The number of hydrogen-bond acceptors (Lipinski definition) is 3. The number of rotatable bonds is 6. The maximum atomic E-state index is 12.5. The molecule has 2 N–H and O–H groups in total. The summed E-state index contributed by atoms with van der Waals surface area (Å²) in [6, 6.07) is 7.63. The second kappa shape index (κ2) is 7.71. The van der Waals surface area contributed by atoms with Crippen molar-refractivity contribution in [3.8, 4) is 0 Å². The Morgan fingerprint density at radius 3 is 2.22 bits per heavy atom. The van der Waals surface area contributed by atoms with E-state index in [1.165, 1.54) is 0 Å². The molecule has 0 radical (unpaired) electrons. The van der Waals surface area contributed by atoms with E-state index in [0.29, 0.717) is 19.6 Å². The SMILES string of the molecule is O=C(NCc1cccc(NC(=O)C2CC2)c1)C1CCN(C(=O)C2CC2)CC1. The predicted molar refractivity (Wildman–Crippen MR) is 102 cm³/mol. The van der Waals surface area contributed by atoms with Gasteiger partial charge in [-0.15, -0.1) is 0 Å². The Bertz CT molecular complexity index is 732. The van der Waals surface area contributed by atoms with Crippen molar-refractivity contribution in [2.75, 3.05) is 18.4 Å². The number of likely N-dealkylation sites (tertiary alicyclic amines) is 1. The summed E-state index contributed by atoms with van der Waals surface area (Å²) in [4.78, 5) is 38.4. The van der Waals surface area contributed by atoms with Crippen LogP contribution < -0.4 is 10.6 Å². The summed E-state index contributed by atoms with van der Waals surface area (Å²) in [6.45, 7) is 1.83. The molecule has 4 rings (SSSR count). The zero-order chi connectivity index (χ0) is 18.8. The minimum atomic E-state index is -0.0222. The standard InChI is InChI=1S/C21H27N3O3/c25-19(16-8-10-24(11-9-16)21(27)17-6-7-17)22-13-14-2-1-3-18(12-14)23-20(26)15-4-5-15/h1-3,12,15-17H,4-11,13H2,(H,22,25)(H,23,26). The Hall–Kier alpha value is -2.37. The minimum Gasteiger partial charge on any atom is -0.352 e. The van der Waals surface area contributed by atoms with Crippen molar-refractivity contribution in [3.05, 3.63) is 29.8 Å². The largest absolute Gasteiger partial charge is 0.352 e. The first kappa shape index (κ1) is 18.0. The van der Waals surface area contributed by atoms with Crippen LogP contribution in [0.4, 0.5) is 5.69 Å². The van der Waals surface area contributed by atoms with Gasteiger partial charge in [0, 0.05) is 43.1 Å². The van der Waals surface area contributed by atoms with Gasteiger partial charge in [-0.1, -0.05) is 12.1 Å². The lowest BCUT2D eigenvalue weighted by atomic mass is 9.95. The van der Waals surface area contributed by atoms with Gasteiger partial charge in [0.1, 0.15) is 0 Å². The Morgan fingerprint density at radius 2 is 1.56 bits per heavy atom. The van der Waals surface area contributed by atoms with Crippen LogP contribution in [-0.4, -0.2) is 35.7 Å². The van der Waals surface area contributed by atoms with Crippen molar-refractivity contribution in [3.63, 3.8) is 0 Å². The van der Waals surface area contributed by atoms with E-state index in [9.17, 15) is 14.4 Å². The fraction of sp³-hybridized carbons (Fsp3) is 0.571. The summed E-state index contributed by atoms with van der Waals surface area (Å²) < 4.78 is 0. The van der Waals surface area contributed by atoms with Crippen LogP contribution in [0.5, 0.6) is 0 Å². The van der Waals surface area contributed by atoms with Gasteiger partial charge in [0.05, 0.1) is 0 Å². The summed E-state index contributed by atoms with van der Waals surface area (Å²) in [5.74, 6) is 0.823. The summed E-state index contributed by atoms with van der Waals surface area (Å²) in [5.41, 5.74) is 1.75. The molecule has 1 aromatic rings. The predicted octanol–water partition coefficient (Wildman–Crippen LogP) is 2.30. The number of hydrogen-bond donors (Lipinski definition) is 2. The molecule has 1 heterocycles. The van der Waals surface area contributed by atoms with Gasteiger partial charge in [-0.2, -0.15) is 0 Å². The molecule has 0 atom stereocenters. The van der Waals surface area contributed by atoms with Gasteiger partial charge >= 0.3 is 0 Å². The van der Waals surface area contributed by atoms with Crippen molar-refractivity contribution >= 4 is 23.4 Å². The van der Waals surface area contributed by atoms with Gasteiger partial charge in [-0.3, -0.25) is 14.4 Å². The van der Waals surface area contributed by atoms with E-state index in [0.717, 1.165) is 49.8 Å². The lowest BCUT2D eigenvalue weighted by molar-refractivity contribution is -0.136. The number of benzene rings is 1. The van der Waals surface area contributed by atoms with E-state index < -0.39 is 0 Å². The number of piperidine rings is 1. The van der Waals surface area contributed by atoms with Gasteiger partial charge in [-0.25, -0.2) is 0 Å². The number of nitrogens with one attached hydrogen (secondary N) is 2. The van der Waals surface area contributed by atoms with E-state index in [1.54, 1.807) is 0 Å². The van der Waals surface area contributed by atoms with Crippen LogP contribution >= 0.6 is 0 Å². The van der Waals surface area contributed by atoms with Crippen molar-refractivity contribution in [1.82, 2.24) is 10.2 Å². The van der Waals surface area contributed by atoms with Crippen LogP contribution in [0.15, 0.2) is 24.3 Å². The van der Waals surface area contributed by atoms with E-state index in [1.807, 2.05) is 29.2 Å². The zero-order valence-corrected chi connectivity index (χ0v) is 15.6. The van der Waals surface area contributed by atoms with Gasteiger partial charge in [0.15, 0.2) is 0 Å². The van der Waals surface area contributed by atoms with Crippen LogP contribution in [-0.2, 0) is 20.9 Å². The molecule has 0 unspecified atom stereocenters. The maximum absolute atomic E-state index is 12.5. The molecule has 1 aromatic carbocycles. The molecule has 3 fully saturated rings. The summed E-state index contributed by atoms with van der Waals surface area (Å²) in [6.07, 6.45) is 5.49. The molecule has 0 aromatic heterocycles. The van der Waals surface area contributed by atoms with Crippen molar-refractivity contribution in [1.29, 1.82) is 0 Å². The van der Waals surface area contributed by atoms with Crippen LogP contribution in [0.2, 0.25) is 0 Å². The molecular weight excluding hydrogens is 342 g/mol. The van der Waals surface area contributed by atoms with Crippen molar-refractivity contribution < 1.29 is 14.4 Å². The monoisotopic (exact) mass is 369 g/mol. The first-order valence-electron chi connectivity index (χ1n) is 10.1. The number of amides is 3. The number of carbonyl (C=O) groups is 3. The highest BCUT2D eigenvalue weighted by Crippen LogP contribution is 2.32. The smallest absolute Gasteiger partial charge is 0.227 e. The van der Waals surface area contributed by atoms with Crippen molar-refractivity contribution in [2.45, 2.75) is 45.1 Å². The van der Waals surface area contributed by atoms with E-state index in [2.05, 4.69) is 10.6 Å². The molecule has 3 aliphatic rings. The maximum Gasteiger partial charge on any atom is 0.227 e. The molecule has 2 saturated carbocycles. The Balaban J connectivity index is 1.23. The van der Waals surface area contributed by atoms with Crippen molar-refractivity contribution in [2.24, 2.45) is 17.8 Å². The molecule has 144 valence electrons. The van der Waals surface area contributed by atoms with Crippen LogP contribution in [0.25, 0.3) is 0 Å². The second-order valence-corrected chi connectivity index (χ2v) is 8.06. The Kier molecular flexibility index (Phi) is 5.14. The van der Waals surface area contributed by atoms with E-state index in [4.69, 9.17) is 0 Å². The van der Waals surface area contributed by atoms with Crippen LogP contribution in [0.3, 0.4) is 0 Å². The molecule has 6 heteroatoms. The highest BCUT2D eigenvalue weighted by molar-refractivity contribution is 5.94. The minimum absolute atomic E-state index is 0.0222. The molecule has 2 aliphatic carbocycles. The lowest BCUT2D eigenvalue weighted by Gasteiger charge is -2.31. The number of anilines is 1. The topological polar surface area (TPSA) is 78.5 Å². The Morgan fingerprint density at radius 1 is 0.889 bits per heavy atom. The average molecular weight is 369 g/mol. The fourth-order valence-electron chi connectivity index (χ4n) is 3.63. The number of nitrogens with zero attached hydrogens (tertiary/aromatic N) is 1. The molecule has 6 nitrogen and oxygen atoms in total. The highest BCUT2D eigenvalue weighted by atomic mass is 16.2. The fourth-order valence-corrected chi connectivity index (χ4v) is 3.63. The first-order valence-corrected chi connectivity index (χ1v) is 10.1. The van der Waals surface area contributed by atoms with Gasteiger partial charge in [0.25, 0.3) is 0 Å². The molecule has 1 saturated heterocycles. The molecule has 27 heavy (non-hydrogen) atoms. The van der Waals surface area contributed by atoms with Crippen LogP contribution in [0.1, 0.15) is 44.1 Å². The molecule has 1 aliphatic heterocycles. The Labute approximate surface area is 159 Å². The normalized spacial score (nSPS) is 20.2. The third-order valence-corrected chi connectivity index (χ3v) is 5.71. The van der Waals surface area contributed by atoms with E-state index >= 15 is 0 Å².